The van der Waals surface area contributed by atoms with Gasteiger partial charge in [-0.3, -0.25) is 0 Å². The number of hydrogen-bond donors (Lipinski definition) is 1. The molecule has 1 aliphatic carbocycles. The number of rotatable bonds is 4. The van der Waals surface area contributed by atoms with Crippen LogP contribution < -0.4 is 5.32 Å². The maximum absolute atomic E-state index is 4.43. The van der Waals surface area contributed by atoms with Crippen molar-refractivity contribution in [3.05, 3.63) is 22.3 Å². The number of anilines is 1. The molecule has 0 radical (unpaired) electrons. The van der Waals surface area contributed by atoms with Crippen LogP contribution in [0.4, 0.5) is 5.82 Å². The number of hydrogen-bond acceptors (Lipinski definition) is 2. The number of nitrogens with one attached hydrogen (secondary N) is 1. The number of aromatic nitrogens is 1. The predicted octanol–water partition coefficient (Wildman–Crippen LogP) is 4.39. The van der Waals surface area contributed by atoms with Crippen LogP contribution in [0.3, 0.4) is 0 Å². The predicted molar refractivity (Wildman–Crippen MR) is 76.3 cm³/mol. The van der Waals surface area contributed by atoms with E-state index in [4.69, 9.17) is 0 Å². The van der Waals surface area contributed by atoms with Crippen LogP contribution in [0.2, 0.25) is 0 Å². The van der Waals surface area contributed by atoms with Crippen molar-refractivity contribution in [1.29, 1.82) is 0 Å². The summed E-state index contributed by atoms with van der Waals surface area (Å²) >= 11 is 3.44. The van der Waals surface area contributed by atoms with Gasteiger partial charge in [0.05, 0.1) is 0 Å². The zero-order chi connectivity index (χ0) is 12.5. The van der Waals surface area contributed by atoms with Crippen molar-refractivity contribution >= 4 is 21.7 Å². The Morgan fingerprint density at radius 1 is 1.47 bits per heavy atom. The Hall–Kier alpha value is -0.570. The Bertz CT molecular complexity index is 397. The molecule has 1 N–H and O–H groups in total. The Morgan fingerprint density at radius 2 is 2.18 bits per heavy atom. The molecule has 94 valence electrons. The van der Waals surface area contributed by atoms with Gasteiger partial charge in [-0.2, -0.15) is 0 Å². The van der Waals surface area contributed by atoms with Crippen molar-refractivity contribution in [2.45, 2.75) is 40.0 Å². The summed E-state index contributed by atoms with van der Waals surface area (Å²) in [5.41, 5.74) is 1.57. The second-order valence-corrected chi connectivity index (χ2v) is 6.70. The summed E-state index contributed by atoms with van der Waals surface area (Å²) in [6.45, 7) is 7.82. The van der Waals surface area contributed by atoms with E-state index in [9.17, 15) is 0 Å². The lowest BCUT2D eigenvalue weighted by atomic mass is 9.67. The molecule has 2 rings (SSSR count). The van der Waals surface area contributed by atoms with Crippen molar-refractivity contribution in [3.8, 4) is 0 Å². The van der Waals surface area contributed by atoms with Gasteiger partial charge in [0.2, 0.25) is 0 Å². The zero-order valence-corrected chi connectivity index (χ0v) is 12.5. The fraction of sp³-hybridized carbons (Fsp3) is 0.643. The molecule has 2 nitrogen and oxygen atoms in total. The van der Waals surface area contributed by atoms with Crippen molar-refractivity contribution in [3.63, 3.8) is 0 Å². The Labute approximate surface area is 112 Å². The normalized spacial score (nSPS) is 16.7. The molecule has 1 aromatic heterocycles. The molecule has 0 saturated heterocycles. The lowest BCUT2D eigenvalue weighted by Crippen LogP contribution is -2.35. The summed E-state index contributed by atoms with van der Waals surface area (Å²) in [5.74, 6) is 1.89. The van der Waals surface area contributed by atoms with Gasteiger partial charge >= 0.3 is 0 Å². The molecule has 3 heteroatoms. The molecule has 1 aliphatic rings. The molecule has 1 saturated carbocycles. The van der Waals surface area contributed by atoms with E-state index in [1.807, 2.05) is 6.20 Å². The minimum Gasteiger partial charge on any atom is -0.369 e. The molecule has 0 unspecified atom stereocenters. The topological polar surface area (TPSA) is 24.9 Å². The van der Waals surface area contributed by atoms with Gasteiger partial charge in [0.1, 0.15) is 5.82 Å². The van der Waals surface area contributed by atoms with Crippen LogP contribution in [-0.4, -0.2) is 11.5 Å². The molecule has 0 amide bonds. The van der Waals surface area contributed by atoms with E-state index >= 15 is 0 Å². The molecule has 0 aliphatic heterocycles. The van der Waals surface area contributed by atoms with E-state index in [1.54, 1.807) is 0 Å². The molecule has 1 aromatic rings. The Kier molecular flexibility index (Phi) is 3.76. The average Bonchev–Trinajstić information content (AvgIpc) is 2.12. The highest BCUT2D eigenvalue weighted by atomic mass is 79.9. The van der Waals surface area contributed by atoms with Crippen LogP contribution in [-0.2, 0) is 0 Å². The van der Waals surface area contributed by atoms with Crippen LogP contribution in [0, 0.1) is 18.3 Å². The smallest absolute Gasteiger partial charge is 0.128 e. The molecule has 0 atom stereocenters. The number of halogens is 1. The highest BCUT2D eigenvalue weighted by Gasteiger charge is 2.33. The summed E-state index contributed by atoms with van der Waals surface area (Å²) in [7, 11) is 0. The summed E-state index contributed by atoms with van der Waals surface area (Å²) < 4.78 is 1.04. The monoisotopic (exact) mass is 296 g/mol. The maximum Gasteiger partial charge on any atom is 0.128 e. The van der Waals surface area contributed by atoms with E-state index in [1.165, 1.54) is 24.8 Å². The fourth-order valence-electron chi connectivity index (χ4n) is 2.37. The number of aryl methyl sites for hydroxylation is 1. The summed E-state index contributed by atoms with van der Waals surface area (Å²) in [6, 6.07) is 2.10. The van der Waals surface area contributed by atoms with Gasteiger partial charge < -0.3 is 5.32 Å². The van der Waals surface area contributed by atoms with Crippen LogP contribution in [0.25, 0.3) is 0 Å². The molecular weight excluding hydrogens is 276 g/mol. The van der Waals surface area contributed by atoms with Gasteiger partial charge in [-0.25, -0.2) is 4.98 Å². The molecule has 1 heterocycles. The van der Waals surface area contributed by atoms with E-state index in [-0.39, 0.29) is 0 Å². The van der Waals surface area contributed by atoms with Gasteiger partial charge in [0.25, 0.3) is 0 Å². The molecular formula is C14H21BrN2. The molecule has 0 spiro atoms. The molecule has 0 bridgehead atoms. The third-order valence-electron chi connectivity index (χ3n) is 3.97. The Balaban J connectivity index is 1.97. The molecule has 1 fully saturated rings. The van der Waals surface area contributed by atoms with Crippen molar-refractivity contribution in [1.82, 2.24) is 4.98 Å². The third kappa shape index (κ3) is 3.01. The first kappa shape index (κ1) is 12.9. The first-order valence-electron chi connectivity index (χ1n) is 6.35. The highest BCUT2D eigenvalue weighted by Crippen LogP contribution is 2.41. The second kappa shape index (κ2) is 4.97. The minimum absolute atomic E-state index is 0.374. The zero-order valence-electron chi connectivity index (χ0n) is 10.9. The third-order valence-corrected chi connectivity index (χ3v) is 4.40. The van der Waals surface area contributed by atoms with Crippen LogP contribution in [0.15, 0.2) is 16.7 Å². The second-order valence-electron chi connectivity index (χ2n) is 5.79. The van der Waals surface area contributed by atoms with Crippen LogP contribution >= 0.6 is 15.9 Å². The Morgan fingerprint density at radius 3 is 2.71 bits per heavy atom. The van der Waals surface area contributed by atoms with Gasteiger partial charge in [-0.1, -0.05) is 20.3 Å². The van der Waals surface area contributed by atoms with Crippen molar-refractivity contribution in [2.75, 3.05) is 11.9 Å². The lowest BCUT2D eigenvalue weighted by Gasteiger charge is -2.40. The standard InChI is InChI=1S/C14H21BrN2/c1-10-7-12(15)8-16-13(10)17-9-14(2,3)11-5-4-6-11/h7-8,11H,4-6,9H2,1-3H3,(H,16,17). The first-order valence-corrected chi connectivity index (χ1v) is 7.14. The van der Waals surface area contributed by atoms with Gasteiger partial charge in [0, 0.05) is 17.2 Å². The number of pyridine rings is 1. The summed E-state index contributed by atoms with van der Waals surface area (Å²) in [6.07, 6.45) is 6.04. The lowest BCUT2D eigenvalue weighted by molar-refractivity contribution is 0.134. The summed E-state index contributed by atoms with van der Waals surface area (Å²) in [5, 5.41) is 3.50. The average molecular weight is 297 g/mol. The first-order chi connectivity index (χ1) is 7.99. The van der Waals surface area contributed by atoms with Gasteiger partial charge in [0.15, 0.2) is 0 Å². The van der Waals surface area contributed by atoms with E-state index < -0.39 is 0 Å². The SMILES string of the molecule is Cc1cc(Br)cnc1NCC(C)(C)C1CCC1. The maximum atomic E-state index is 4.43. The van der Waals surface area contributed by atoms with Crippen molar-refractivity contribution in [2.24, 2.45) is 11.3 Å². The van der Waals surface area contributed by atoms with E-state index in [0.29, 0.717) is 5.41 Å². The van der Waals surface area contributed by atoms with Gasteiger partial charge in [-0.05, 0) is 58.7 Å². The fourth-order valence-corrected chi connectivity index (χ4v) is 2.82. The van der Waals surface area contributed by atoms with Crippen molar-refractivity contribution < 1.29 is 0 Å². The highest BCUT2D eigenvalue weighted by molar-refractivity contribution is 9.10. The van der Waals surface area contributed by atoms with Crippen LogP contribution in [0.1, 0.15) is 38.7 Å². The number of nitrogens with zero attached hydrogens (tertiary/aromatic N) is 1. The van der Waals surface area contributed by atoms with Gasteiger partial charge in [-0.15, -0.1) is 0 Å². The minimum atomic E-state index is 0.374. The quantitative estimate of drug-likeness (QED) is 0.891. The molecule has 0 aromatic carbocycles. The molecule has 17 heavy (non-hydrogen) atoms. The van der Waals surface area contributed by atoms with E-state index in [0.717, 1.165) is 22.8 Å². The van der Waals surface area contributed by atoms with E-state index in [2.05, 4.69) is 53.1 Å². The largest absolute Gasteiger partial charge is 0.369 e. The van der Waals surface area contributed by atoms with Crippen LogP contribution in [0.5, 0.6) is 0 Å². The summed E-state index contributed by atoms with van der Waals surface area (Å²) in [4.78, 5) is 4.43.